The Hall–Kier alpha value is -2.67. The van der Waals surface area contributed by atoms with Crippen LogP contribution in [0.2, 0.25) is 0 Å². The molecular weight excluding hydrogens is 403 g/mol. The van der Waals surface area contributed by atoms with Crippen LogP contribution in [0.25, 0.3) is 22.0 Å². The van der Waals surface area contributed by atoms with Crippen LogP contribution in [0, 0.1) is 11.7 Å². The van der Waals surface area contributed by atoms with Gasteiger partial charge in [-0.25, -0.2) is 18.2 Å². The summed E-state index contributed by atoms with van der Waals surface area (Å²) in [4.78, 5) is 19.8. The van der Waals surface area contributed by atoms with Gasteiger partial charge in [-0.2, -0.15) is 0 Å². The fraction of sp³-hybridized carbons (Fsp3) is 0.417. The Morgan fingerprint density at radius 1 is 1.10 bits per heavy atom. The maximum atomic E-state index is 13.8. The molecule has 1 aliphatic rings. The van der Waals surface area contributed by atoms with E-state index in [1.807, 2.05) is 0 Å². The highest BCUT2D eigenvalue weighted by atomic mass is 19.3. The lowest BCUT2D eigenvalue weighted by Gasteiger charge is -2.35. The first-order valence-electron chi connectivity index (χ1n) is 10.7. The van der Waals surface area contributed by atoms with Gasteiger partial charge in [-0.3, -0.25) is 9.36 Å². The second-order valence-corrected chi connectivity index (χ2v) is 8.52. The highest BCUT2D eigenvalue weighted by Gasteiger charge is 2.26. The van der Waals surface area contributed by atoms with E-state index in [4.69, 9.17) is 0 Å². The molecule has 3 aromatic rings. The first-order valence-corrected chi connectivity index (χ1v) is 10.7. The smallest absolute Gasteiger partial charge is 0.295 e. The van der Waals surface area contributed by atoms with Crippen molar-refractivity contribution in [2.75, 3.05) is 13.1 Å². The summed E-state index contributed by atoms with van der Waals surface area (Å²) in [6, 6.07) is 11.3. The van der Waals surface area contributed by atoms with Crippen LogP contribution < -0.4 is 5.56 Å². The second kappa shape index (κ2) is 8.83. The normalized spacial score (nSPS) is 17.7. The number of rotatable bonds is 5. The summed E-state index contributed by atoms with van der Waals surface area (Å²) in [6.45, 7) is 6.23. The van der Waals surface area contributed by atoms with Crippen molar-refractivity contribution in [3.05, 3.63) is 64.5 Å². The quantitative estimate of drug-likeness (QED) is 0.555. The van der Waals surface area contributed by atoms with Crippen LogP contribution in [0.1, 0.15) is 38.9 Å². The number of hydrogen-bond donors (Lipinski definition) is 0. The number of fused-ring (bicyclic) bond motifs is 1. The highest BCUT2D eigenvalue weighted by Crippen LogP contribution is 2.26. The Morgan fingerprint density at radius 2 is 1.81 bits per heavy atom. The molecule has 0 N–H and O–H groups in total. The van der Waals surface area contributed by atoms with E-state index < -0.39 is 17.8 Å². The highest BCUT2D eigenvalue weighted by molar-refractivity contribution is 5.83. The Morgan fingerprint density at radius 3 is 2.48 bits per heavy atom. The fourth-order valence-corrected chi connectivity index (χ4v) is 4.38. The summed E-state index contributed by atoms with van der Waals surface area (Å²) in [7, 11) is 0. The molecule has 2 aromatic carbocycles. The lowest BCUT2D eigenvalue weighted by Crippen LogP contribution is -2.42. The van der Waals surface area contributed by atoms with Gasteiger partial charge in [-0.1, -0.05) is 18.2 Å². The van der Waals surface area contributed by atoms with E-state index in [9.17, 15) is 18.0 Å². The molecule has 1 saturated heterocycles. The van der Waals surface area contributed by atoms with Crippen LogP contribution >= 0.6 is 0 Å². The molecular formula is C24H26F3N3O. The Labute approximate surface area is 179 Å². The molecule has 164 valence electrons. The van der Waals surface area contributed by atoms with Gasteiger partial charge >= 0.3 is 0 Å². The zero-order chi connectivity index (χ0) is 22.1. The summed E-state index contributed by atoms with van der Waals surface area (Å²) in [6.07, 6.45) is -0.956. The minimum absolute atomic E-state index is 0.117. The average Bonchev–Trinajstić information content (AvgIpc) is 2.76. The topological polar surface area (TPSA) is 38.1 Å². The standard InChI is InChI=1S/C24H26F3N3O/c1-15(2)29-11-3-4-16(13-29)14-30-23(22(26)27)28-21-10-7-18(12-20(21)24(30)31)17-5-8-19(25)9-6-17/h5-10,12,15-16,22H,3-4,11,13-14H2,1-2H3/t16-/m0/s1. The van der Waals surface area contributed by atoms with Crippen molar-refractivity contribution in [2.45, 2.75) is 45.7 Å². The van der Waals surface area contributed by atoms with E-state index in [0.29, 0.717) is 17.0 Å². The molecule has 0 bridgehead atoms. The molecule has 0 spiro atoms. The van der Waals surface area contributed by atoms with Gasteiger partial charge in [0.1, 0.15) is 5.82 Å². The Bertz CT molecular complexity index is 1130. The summed E-state index contributed by atoms with van der Waals surface area (Å²) in [5.41, 5.74) is 1.25. The molecule has 0 unspecified atom stereocenters. The monoisotopic (exact) mass is 429 g/mol. The predicted octanol–water partition coefficient (Wildman–Crippen LogP) is 5.26. The van der Waals surface area contributed by atoms with Gasteiger partial charge < -0.3 is 4.90 Å². The number of benzene rings is 2. The van der Waals surface area contributed by atoms with E-state index in [0.717, 1.165) is 36.1 Å². The van der Waals surface area contributed by atoms with Crippen molar-refractivity contribution >= 4 is 10.9 Å². The third-order valence-electron chi connectivity index (χ3n) is 6.08. The molecule has 31 heavy (non-hydrogen) atoms. The van der Waals surface area contributed by atoms with Crippen LogP contribution in [0.5, 0.6) is 0 Å². The second-order valence-electron chi connectivity index (χ2n) is 8.52. The fourth-order valence-electron chi connectivity index (χ4n) is 4.38. The van der Waals surface area contributed by atoms with Crippen LogP contribution in [0.15, 0.2) is 47.3 Å². The van der Waals surface area contributed by atoms with Crippen LogP contribution in [-0.2, 0) is 6.54 Å². The van der Waals surface area contributed by atoms with E-state index in [-0.39, 0.29) is 23.8 Å². The number of aromatic nitrogens is 2. The SMILES string of the molecule is CC(C)N1CCC[C@H](Cn2c(C(F)F)nc3ccc(-c4ccc(F)cc4)cc3c2=O)C1. The first kappa shape index (κ1) is 21.6. The number of likely N-dealkylation sites (tertiary alicyclic amines) is 1. The molecule has 0 aliphatic carbocycles. The maximum absolute atomic E-state index is 13.8. The van der Waals surface area contributed by atoms with Gasteiger partial charge in [0, 0.05) is 19.1 Å². The number of halogens is 3. The van der Waals surface area contributed by atoms with Crippen LogP contribution in [-0.4, -0.2) is 33.6 Å². The lowest BCUT2D eigenvalue weighted by atomic mass is 9.96. The number of alkyl halides is 2. The Balaban J connectivity index is 1.75. The van der Waals surface area contributed by atoms with Gasteiger partial charge in [-0.05, 0) is 74.5 Å². The predicted molar refractivity (Wildman–Crippen MR) is 116 cm³/mol. The van der Waals surface area contributed by atoms with Crippen molar-refractivity contribution in [2.24, 2.45) is 5.92 Å². The summed E-state index contributed by atoms with van der Waals surface area (Å²) in [5.74, 6) is -0.711. The minimum Gasteiger partial charge on any atom is -0.301 e. The lowest BCUT2D eigenvalue weighted by molar-refractivity contribution is 0.114. The van der Waals surface area contributed by atoms with Gasteiger partial charge in [0.2, 0.25) is 0 Å². The minimum atomic E-state index is -2.83. The molecule has 7 heteroatoms. The largest absolute Gasteiger partial charge is 0.301 e. The summed E-state index contributed by atoms with van der Waals surface area (Å²) < 4.78 is 42.0. The average molecular weight is 429 g/mol. The van der Waals surface area contributed by atoms with E-state index >= 15 is 0 Å². The van der Waals surface area contributed by atoms with Gasteiger partial charge in [0.05, 0.1) is 10.9 Å². The van der Waals surface area contributed by atoms with E-state index in [1.165, 1.54) is 12.1 Å². The number of hydrogen-bond acceptors (Lipinski definition) is 3. The Kier molecular flexibility index (Phi) is 6.14. The molecule has 1 aromatic heterocycles. The van der Waals surface area contributed by atoms with Crippen molar-refractivity contribution < 1.29 is 13.2 Å². The molecule has 2 heterocycles. The van der Waals surface area contributed by atoms with Crippen LogP contribution in [0.4, 0.5) is 13.2 Å². The number of piperidine rings is 1. The summed E-state index contributed by atoms with van der Waals surface area (Å²) in [5, 5.41) is 0.294. The van der Waals surface area contributed by atoms with Crippen molar-refractivity contribution in [1.29, 1.82) is 0 Å². The van der Waals surface area contributed by atoms with Gasteiger partial charge in [0.15, 0.2) is 5.82 Å². The molecule has 4 nitrogen and oxygen atoms in total. The molecule has 0 saturated carbocycles. The third kappa shape index (κ3) is 4.51. The summed E-state index contributed by atoms with van der Waals surface area (Å²) >= 11 is 0. The zero-order valence-corrected chi connectivity index (χ0v) is 17.7. The van der Waals surface area contributed by atoms with Crippen molar-refractivity contribution in [3.8, 4) is 11.1 Å². The molecule has 1 fully saturated rings. The van der Waals surface area contributed by atoms with Crippen molar-refractivity contribution in [1.82, 2.24) is 14.5 Å². The third-order valence-corrected chi connectivity index (χ3v) is 6.08. The molecule has 1 atom stereocenters. The maximum Gasteiger partial charge on any atom is 0.295 e. The molecule has 4 rings (SSSR count). The molecule has 0 radical (unpaired) electrons. The van der Waals surface area contributed by atoms with E-state index in [2.05, 4.69) is 23.7 Å². The van der Waals surface area contributed by atoms with Gasteiger partial charge in [0.25, 0.3) is 12.0 Å². The first-order chi connectivity index (χ1) is 14.8. The van der Waals surface area contributed by atoms with E-state index in [1.54, 1.807) is 30.3 Å². The number of nitrogens with zero attached hydrogens (tertiary/aromatic N) is 3. The van der Waals surface area contributed by atoms with Gasteiger partial charge in [-0.15, -0.1) is 0 Å². The van der Waals surface area contributed by atoms with Crippen LogP contribution in [0.3, 0.4) is 0 Å². The zero-order valence-electron chi connectivity index (χ0n) is 17.7. The molecule has 0 amide bonds. The molecule has 1 aliphatic heterocycles. The van der Waals surface area contributed by atoms with Crippen molar-refractivity contribution in [3.63, 3.8) is 0 Å².